The maximum absolute atomic E-state index is 2.39. The molecule has 0 aliphatic heterocycles. The van der Waals surface area contributed by atoms with Crippen LogP contribution in [0.2, 0.25) is 0 Å². The van der Waals surface area contributed by atoms with Crippen LogP contribution in [0, 0.1) is 25.2 Å². The highest BCUT2D eigenvalue weighted by Crippen LogP contribution is 2.56. The van der Waals surface area contributed by atoms with Crippen molar-refractivity contribution in [3.63, 3.8) is 0 Å². The van der Waals surface area contributed by atoms with Crippen LogP contribution in [-0.2, 0) is 6.42 Å². The third kappa shape index (κ3) is 4.26. The summed E-state index contributed by atoms with van der Waals surface area (Å²) < 4.78 is 0. The first-order valence-electron chi connectivity index (χ1n) is 8.93. The zero-order valence-electron chi connectivity index (χ0n) is 15.3. The van der Waals surface area contributed by atoms with E-state index in [1.807, 2.05) is 0 Å². The average molecular weight is 316 g/mol. The largest absolute Gasteiger partial charge is 0.0777 e. The summed E-state index contributed by atoms with van der Waals surface area (Å²) in [5, 5.41) is 0. The van der Waals surface area contributed by atoms with E-state index in [-0.39, 0.29) is 0 Å². The van der Waals surface area contributed by atoms with Gasteiger partial charge in [-0.1, -0.05) is 90.4 Å². The molecule has 0 heteroatoms. The van der Waals surface area contributed by atoms with Crippen molar-refractivity contribution in [3.05, 3.63) is 94.6 Å². The molecule has 2 atom stereocenters. The van der Waals surface area contributed by atoms with E-state index >= 15 is 0 Å². The molecule has 2 aromatic rings. The number of benzene rings is 2. The van der Waals surface area contributed by atoms with Gasteiger partial charge in [0.1, 0.15) is 0 Å². The van der Waals surface area contributed by atoms with Gasteiger partial charge in [0.15, 0.2) is 0 Å². The monoisotopic (exact) mass is 316 g/mol. The average Bonchev–Trinajstić information content (AvgIpc) is 3.23. The predicted molar refractivity (Wildman–Crippen MR) is 104 cm³/mol. The highest BCUT2D eigenvalue weighted by atomic mass is 14.5. The SMILES string of the molecule is CC1=CC2CC2(C)C=C1.Cc1ccc(Cc2ccc(C)cc2)cc1. The van der Waals surface area contributed by atoms with Gasteiger partial charge in [0, 0.05) is 0 Å². The minimum Gasteiger partial charge on any atom is -0.0777 e. The van der Waals surface area contributed by atoms with Crippen LogP contribution in [-0.4, -0.2) is 0 Å². The molecular weight excluding hydrogens is 288 g/mol. The summed E-state index contributed by atoms with van der Waals surface area (Å²) in [7, 11) is 0. The van der Waals surface area contributed by atoms with Gasteiger partial charge in [0.25, 0.3) is 0 Å². The maximum Gasteiger partial charge on any atom is -0.00258 e. The predicted octanol–water partition coefficient (Wildman–Crippen LogP) is 6.42. The first-order valence-corrected chi connectivity index (χ1v) is 8.93. The summed E-state index contributed by atoms with van der Waals surface area (Å²) in [6.45, 7) is 8.75. The van der Waals surface area contributed by atoms with E-state index in [4.69, 9.17) is 0 Å². The first kappa shape index (κ1) is 16.8. The zero-order chi connectivity index (χ0) is 17.2. The molecule has 2 aliphatic carbocycles. The number of aryl methyl sites for hydroxylation is 2. The second kappa shape index (κ2) is 6.81. The molecule has 0 N–H and O–H groups in total. The fourth-order valence-corrected chi connectivity index (χ4v) is 3.20. The second-order valence-corrected chi connectivity index (χ2v) is 7.71. The summed E-state index contributed by atoms with van der Waals surface area (Å²) in [4.78, 5) is 0. The lowest BCUT2D eigenvalue weighted by Crippen LogP contribution is -1.94. The number of hydrogen-bond donors (Lipinski definition) is 0. The lowest BCUT2D eigenvalue weighted by Gasteiger charge is -2.06. The van der Waals surface area contributed by atoms with Gasteiger partial charge in [-0.2, -0.15) is 0 Å². The van der Waals surface area contributed by atoms with E-state index in [2.05, 4.69) is 94.5 Å². The van der Waals surface area contributed by atoms with Crippen LogP contribution >= 0.6 is 0 Å². The van der Waals surface area contributed by atoms with Crippen molar-refractivity contribution in [1.82, 2.24) is 0 Å². The van der Waals surface area contributed by atoms with Gasteiger partial charge >= 0.3 is 0 Å². The molecule has 0 aromatic heterocycles. The molecule has 2 aromatic carbocycles. The molecule has 24 heavy (non-hydrogen) atoms. The van der Waals surface area contributed by atoms with Crippen LogP contribution < -0.4 is 0 Å². The van der Waals surface area contributed by atoms with Crippen molar-refractivity contribution in [2.24, 2.45) is 11.3 Å². The van der Waals surface area contributed by atoms with Crippen LogP contribution in [0.4, 0.5) is 0 Å². The summed E-state index contributed by atoms with van der Waals surface area (Å²) in [6, 6.07) is 17.5. The number of rotatable bonds is 2. The van der Waals surface area contributed by atoms with Gasteiger partial charge in [-0.15, -0.1) is 0 Å². The van der Waals surface area contributed by atoms with Gasteiger partial charge in [0.05, 0.1) is 0 Å². The van der Waals surface area contributed by atoms with Crippen LogP contribution in [0.15, 0.2) is 72.3 Å². The number of hydrogen-bond acceptors (Lipinski definition) is 0. The lowest BCUT2D eigenvalue weighted by atomic mass is 9.99. The number of allylic oxidation sites excluding steroid dienone is 4. The standard InChI is InChI=1S/C15H16.C9H12/c1-12-3-7-14(8-4-12)11-15-9-5-13(2)6-10-15;1-7-3-4-9(2)6-8(9)5-7/h3-10H,11H2,1-2H3;3-5,8H,6H2,1-2H3. The molecule has 0 nitrogen and oxygen atoms in total. The van der Waals surface area contributed by atoms with E-state index in [1.165, 1.54) is 34.2 Å². The van der Waals surface area contributed by atoms with Crippen LogP contribution in [0.3, 0.4) is 0 Å². The van der Waals surface area contributed by atoms with Crippen LogP contribution in [0.5, 0.6) is 0 Å². The van der Waals surface area contributed by atoms with Crippen molar-refractivity contribution in [3.8, 4) is 0 Å². The summed E-state index contributed by atoms with van der Waals surface area (Å²) in [5.41, 5.74) is 7.41. The smallest absolute Gasteiger partial charge is 0.00258 e. The Kier molecular flexibility index (Phi) is 4.76. The Balaban J connectivity index is 0.000000159. The summed E-state index contributed by atoms with van der Waals surface area (Å²) in [6.07, 6.45) is 9.39. The second-order valence-electron chi connectivity index (χ2n) is 7.71. The minimum atomic E-state index is 0.569. The molecular formula is C24H28. The Bertz CT molecular complexity index is 700. The van der Waals surface area contributed by atoms with Crippen molar-refractivity contribution < 1.29 is 0 Å². The summed E-state index contributed by atoms with van der Waals surface area (Å²) >= 11 is 0. The third-order valence-corrected chi connectivity index (χ3v) is 5.19. The number of fused-ring (bicyclic) bond motifs is 1. The van der Waals surface area contributed by atoms with Crippen molar-refractivity contribution in [2.75, 3.05) is 0 Å². The molecule has 0 spiro atoms. The fraction of sp³-hybridized carbons (Fsp3) is 0.333. The minimum absolute atomic E-state index is 0.569. The zero-order valence-corrected chi connectivity index (χ0v) is 15.3. The first-order chi connectivity index (χ1) is 11.4. The molecule has 4 rings (SSSR count). The van der Waals surface area contributed by atoms with Gasteiger partial charge in [-0.05, 0) is 56.1 Å². The molecule has 0 radical (unpaired) electrons. The summed E-state index contributed by atoms with van der Waals surface area (Å²) in [5.74, 6) is 0.877. The van der Waals surface area contributed by atoms with Gasteiger partial charge in [-0.3, -0.25) is 0 Å². The Hall–Kier alpha value is -2.08. The Morgan fingerprint density at radius 1 is 0.833 bits per heavy atom. The molecule has 0 heterocycles. The highest BCUT2D eigenvalue weighted by Gasteiger charge is 2.47. The van der Waals surface area contributed by atoms with E-state index in [0.29, 0.717) is 5.41 Å². The molecule has 2 unspecified atom stereocenters. The Morgan fingerprint density at radius 3 is 1.75 bits per heavy atom. The topological polar surface area (TPSA) is 0 Å². The highest BCUT2D eigenvalue weighted by molar-refractivity contribution is 5.33. The molecule has 124 valence electrons. The lowest BCUT2D eigenvalue weighted by molar-refractivity contribution is 0.686. The van der Waals surface area contributed by atoms with Crippen LogP contribution in [0.25, 0.3) is 0 Å². The molecule has 1 fully saturated rings. The van der Waals surface area contributed by atoms with Gasteiger partial charge in [0.2, 0.25) is 0 Å². The quantitative estimate of drug-likeness (QED) is 0.599. The Morgan fingerprint density at radius 2 is 1.33 bits per heavy atom. The van der Waals surface area contributed by atoms with Crippen molar-refractivity contribution >= 4 is 0 Å². The van der Waals surface area contributed by atoms with Gasteiger partial charge < -0.3 is 0 Å². The molecule has 1 saturated carbocycles. The molecule has 0 saturated heterocycles. The molecule has 0 bridgehead atoms. The molecule has 2 aliphatic rings. The normalized spacial score (nSPS) is 23.7. The van der Waals surface area contributed by atoms with E-state index in [1.54, 1.807) is 0 Å². The molecule has 0 amide bonds. The van der Waals surface area contributed by atoms with E-state index in [9.17, 15) is 0 Å². The third-order valence-electron chi connectivity index (χ3n) is 5.19. The van der Waals surface area contributed by atoms with Crippen LogP contribution in [0.1, 0.15) is 42.5 Å². The Labute approximate surface area is 146 Å². The maximum atomic E-state index is 2.39. The van der Waals surface area contributed by atoms with Gasteiger partial charge in [-0.25, -0.2) is 0 Å². The fourth-order valence-electron chi connectivity index (χ4n) is 3.20. The van der Waals surface area contributed by atoms with E-state index in [0.717, 1.165) is 12.3 Å². The van der Waals surface area contributed by atoms with Crippen molar-refractivity contribution in [1.29, 1.82) is 0 Å². The van der Waals surface area contributed by atoms with Crippen molar-refractivity contribution in [2.45, 2.75) is 40.5 Å². The van der Waals surface area contributed by atoms with E-state index < -0.39 is 0 Å².